The number of morpholine rings is 1. The maximum Gasteiger partial charge on any atom is 0.306 e. The Bertz CT molecular complexity index is 317. The van der Waals surface area contributed by atoms with E-state index >= 15 is 0 Å². The van der Waals surface area contributed by atoms with E-state index in [4.69, 9.17) is 9.84 Å². The number of carboxylic acids is 1. The molecule has 1 unspecified atom stereocenters. The van der Waals surface area contributed by atoms with Crippen molar-refractivity contribution in [2.24, 2.45) is 0 Å². The average Bonchev–Trinajstić information content (AvgIpc) is 2.27. The van der Waals surface area contributed by atoms with Gasteiger partial charge in [0.15, 0.2) is 0 Å². The van der Waals surface area contributed by atoms with Crippen molar-refractivity contribution in [1.82, 2.24) is 10.2 Å². The van der Waals surface area contributed by atoms with E-state index in [2.05, 4.69) is 5.32 Å². The topological polar surface area (TPSA) is 78.9 Å². The summed E-state index contributed by atoms with van der Waals surface area (Å²) in [6, 6.07) is 0. The first-order valence-electron chi connectivity index (χ1n) is 6.24. The first-order chi connectivity index (χ1) is 8.36. The van der Waals surface area contributed by atoms with Crippen molar-refractivity contribution in [1.29, 1.82) is 0 Å². The summed E-state index contributed by atoms with van der Waals surface area (Å²) < 4.78 is 5.35. The summed E-state index contributed by atoms with van der Waals surface area (Å²) in [7, 11) is 0. The summed E-state index contributed by atoms with van der Waals surface area (Å²) >= 11 is 0. The third-order valence-corrected chi connectivity index (χ3v) is 2.98. The van der Waals surface area contributed by atoms with Gasteiger partial charge in [-0.05, 0) is 20.4 Å². The van der Waals surface area contributed by atoms with E-state index in [1.54, 1.807) is 4.90 Å². The molecule has 2 N–H and O–H groups in total. The van der Waals surface area contributed by atoms with Crippen molar-refractivity contribution >= 4 is 11.9 Å². The fourth-order valence-electron chi connectivity index (χ4n) is 2.13. The van der Waals surface area contributed by atoms with Crippen LogP contribution in [0.2, 0.25) is 0 Å². The van der Waals surface area contributed by atoms with Gasteiger partial charge in [-0.2, -0.15) is 0 Å². The summed E-state index contributed by atoms with van der Waals surface area (Å²) in [5.74, 6) is -0.914. The van der Waals surface area contributed by atoms with Gasteiger partial charge in [0.1, 0.15) is 0 Å². The number of hydrogen-bond donors (Lipinski definition) is 2. The largest absolute Gasteiger partial charge is 0.481 e. The quantitative estimate of drug-likeness (QED) is 0.730. The van der Waals surface area contributed by atoms with Gasteiger partial charge in [-0.25, -0.2) is 0 Å². The number of nitrogens with one attached hydrogen (secondary N) is 1. The maximum atomic E-state index is 12.3. The molecule has 6 nitrogen and oxygen atoms in total. The molecule has 6 heteroatoms. The van der Waals surface area contributed by atoms with E-state index in [1.807, 2.05) is 20.8 Å². The highest BCUT2D eigenvalue weighted by Crippen LogP contribution is 2.14. The smallest absolute Gasteiger partial charge is 0.306 e. The zero-order chi connectivity index (χ0) is 13.8. The molecule has 0 saturated carbocycles. The molecule has 0 bridgehead atoms. The highest BCUT2D eigenvalue weighted by molar-refractivity contribution is 5.85. The zero-order valence-corrected chi connectivity index (χ0v) is 11.2. The third-order valence-electron chi connectivity index (χ3n) is 2.98. The number of amides is 1. The monoisotopic (exact) mass is 258 g/mol. The van der Waals surface area contributed by atoms with E-state index in [0.717, 1.165) is 0 Å². The molecule has 104 valence electrons. The number of carboxylic acid groups (broad SMARTS) is 1. The minimum absolute atomic E-state index is 0.0111. The zero-order valence-electron chi connectivity index (χ0n) is 11.2. The second-order valence-electron chi connectivity index (χ2n) is 5.00. The van der Waals surface area contributed by atoms with Crippen LogP contribution in [0.1, 0.15) is 27.2 Å². The number of hydrogen-bond acceptors (Lipinski definition) is 4. The standard InChI is InChI=1S/C12H22N2O4/c1-4-13-12(2,3)11(17)14-5-6-18-9(8-14)7-10(15)16/h9,13H,4-8H2,1-3H3,(H,15,16). The maximum absolute atomic E-state index is 12.3. The second kappa shape index (κ2) is 6.15. The van der Waals surface area contributed by atoms with Gasteiger partial charge in [-0.1, -0.05) is 6.92 Å². The predicted octanol–water partition coefficient (Wildman–Crippen LogP) is 0.0766. The molecule has 0 radical (unpaired) electrons. The Labute approximate surface area is 107 Å². The van der Waals surface area contributed by atoms with Crippen molar-refractivity contribution in [3.05, 3.63) is 0 Å². The van der Waals surface area contributed by atoms with E-state index in [-0.39, 0.29) is 12.3 Å². The SMILES string of the molecule is CCNC(C)(C)C(=O)N1CCOC(CC(=O)O)C1. The molecule has 1 heterocycles. The van der Waals surface area contributed by atoms with Crippen LogP contribution in [-0.2, 0) is 14.3 Å². The fourth-order valence-corrected chi connectivity index (χ4v) is 2.13. The lowest BCUT2D eigenvalue weighted by Crippen LogP contribution is -2.57. The Balaban J connectivity index is 2.60. The van der Waals surface area contributed by atoms with Crippen molar-refractivity contribution in [3.63, 3.8) is 0 Å². The number of likely N-dealkylation sites (N-methyl/N-ethyl adjacent to an activating group) is 1. The van der Waals surface area contributed by atoms with Gasteiger partial charge in [-0.15, -0.1) is 0 Å². The molecule has 1 rings (SSSR count). The number of aliphatic carboxylic acids is 1. The van der Waals surface area contributed by atoms with Gasteiger partial charge in [0, 0.05) is 13.1 Å². The molecular weight excluding hydrogens is 236 g/mol. The predicted molar refractivity (Wildman–Crippen MR) is 66.3 cm³/mol. The Morgan fingerprint density at radius 3 is 2.72 bits per heavy atom. The number of nitrogens with zero attached hydrogens (tertiary/aromatic N) is 1. The average molecular weight is 258 g/mol. The van der Waals surface area contributed by atoms with Crippen molar-refractivity contribution in [2.75, 3.05) is 26.2 Å². The van der Waals surface area contributed by atoms with Gasteiger partial charge in [-0.3, -0.25) is 9.59 Å². The van der Waals surface area contributed by atoms with Crippen LogP contribution in [0, 0.1) is 0 Å². The first-order valence-corrected chi connectivity index (χ1v) is 6.24. The molecule has 1 aliphatic rings. The van der Waals surface area contributed by atoms with Crippen LogP contribution in [0.5, 0.6) is 0 Å². The molecule has 1 atom stereocenters. The number of carbonyl (C=O) groups is 2. The Morgan fingerprint density at radius 2 is 2.17 bits per heavy atom. The minimum atomic E-state index is -0.903. The Hall–Kier alpha value is -1.14. The molecule has 18 heavy (non-hydrogen) atoms. The second-order valence-corrected chi connectivity index (χ2v) is 5.00. The van der Waals surface area contributed by atoms with Gasteiger partial charge < -0.3 is 20.1 Å². The number of carbonyl (C=O) groups excluding carboxylic acids is 1. The first kappa shape index (κ1) is 14.9. The Kier molecular flexibility index (Phi) is 5.10. The van der Waals surface area contributed by atoms with Gasteiger partial charge >= 0.3 is 5.97 Å². The van der Waals surface area contributed by atoms with E-state index in [1.165, 1.54) is 0 Å². The normalized spacial score (nSPS) is 20.8. The molecule has 1 fully saturated rings. The van der Waals surface area contributed by atoms with E-state index < -0.39 is 17.6 Å². The van der Waals surface area contributed by atoms with Crippen molar-refractivity contribution in [3.8, 4) is 0 Å². The highest BCUT2D eigenvalue weighted by Gasteiger charge is 2.34. The summed E-state index contributed by atoms with van der Waals surface area (Å²) in [6.45, 7) is 7.58. The van der Waals surface area contributed by atoms with Crippen LogP contribution in [0.3, 0.4) is 0 Å². The minimum Gasteiger partial charge on any atom is -0.481 e. The van der Waals surface area contributed by atoms with Gasteiger partial charge in [0.2, 0.25) is 5.91 Å². The lowest BCUT2D eigenvalue weighted by Gasteiger charge is -2.37. The summed E-state index contributed by atoms with van der Waals surface area (Å²) in [5, 5.41) is 11.9. The summed E-state index contributed by atoms with van der Waals surface area (Å²) in [6.07, 6.45) is -0.469. The van der Waals surface area contributed by atoms with Crippen molar-refractivity contribution < 1.29 is 19.4 Å². The lowest BCUT2D eigenvalue weighted by atomic mass is 10.0. The van der Waals surface area contributed by atoms with Crippen LogP contribution < -0.4 is 5.32 Å². The van der Waals surface area contributed by atoms with Crippen LogP contribution >= 0.6 is 0 Å². The molecule has 1 saturated heterocycles. The molecule has 0 spiro atoms. The van der Waals surface area contributed by atoms with Crippen molar-refractivity contribution in [2.45, 2.75) is 38.8 Å². The summed E-state index contributed by atoms with van der Waals surface area (Å²) in [4.78, 5) is 24.6. The molecule has 1 aliphatic heterocycles. The van der Waals surface area contributed by atoms with Crippen LogP contribution in [0.4, 0.5) is 0 Å². The van der Waals surface area contributed by atoms with Crippen LogP contribution in [0.15, 0.2) is 0 Å². The molecule has 1 amide bonds. The van der Waals surface area contributed by atoms with E-state index in [9.17, 15) is 9.59 Å². The fraction of sp³-hybridized carbons (Fsp3) is 0.833. The van der Waals surface area contributed by atoms with Crippen LogP contribution in [0.25, 0.3) is 0 Å². The van der Waals surface area contributed by atoms with Crippen LogP contribution in [-0.4, -0.2) is 59.8 Å². The molecule has 0 aliphatic carbocycles. The molecule has 0 aromatic heterocycles. The molecular formula is C12H22N2O4. The van der Waals surface area contributed by atoms with E-state index in [0.29, 0.717) is 26.2 Å². The highest BCUT2D eigenvalue weighted by atomic mass is 16.5. The van der Waals surface area contributed by atoms with Gasteiger partial charge in [0.05, 0.1) is 24.7 Å². The Morgan fingerprint density at radius 1 is 1.50 bits per heavy atom. The lowest BCUT2D eigenvalue weighted by molar-refractivity contribution is -0.150. The summed E-state index contributed by atoms with van der Waals surface area (Å²) in [5.41, 5.74) is -0.625. The number of rotatable bonds is 5. The third kappa shape index (κ3) is 3.96. The van der Waals surface area contributed by atoms with Gasteiger partial charge in [0.25, 0.3) is 0 Å². The molecule has 0 aromatic carbocycles. The number of ether oxygens (including phenoxy) is 1. The molecule has 0 aromatic rings.